The van der Waals surface area contributed by atoms with E-state index in [1.54, 1.807) is 29.2 Å². The second kappa shape index (κ2) is 7.94. The molecule has 0 bridgehead atoms. The lowest BCUT2D eigenvalue weighted by Gasteiger charge is -2.16. The number of carbonyl (C=O) groups excluding carboxylic acids is 1. The fourth-order valence-electron chi connectivity index (χ4n) is 2.77. The van der Waals surface area contributed by atoms with Crippen molar-refractivity contribution >= 4 is 15.9 Å². The molecule has 26 heavy (non-hydrogen) atoms. The maximum Gasteiger partial charge on any atom is 0.251 e. The number of carbonyl (C=O) groups is 1. The molecule has 1 atom stereocenters. The smallest absolute Gasteiger partial charge is 0.251 e. The van der Waals surface area contributed by atoms with Crippen LogP contribution in [0.1, 0.15) is 23.2 Å². The Hall–Kier alpha value is -2.30. The van der Waals surface area contributed by atoms with Crippen molar-refractivity contribution in [1.29, 1.82) is 0 Å². The van der Waals surface area contributed by atoms with Gasteiger partial charge in [-0.15, -0.1) is 5.10 Å². The third-order valence-corrected chi connectivity index (χ3v) is 6.04. The minimum absolute atomic E-state index is 0.0573. The van der Waals surface area contributed by atoms with Crippen LogP contribution in [-0.4, -0.2) is 64.5 Å². The predicted molar refractivity (Wildman–Crippen MR) is 92.8 cm³/mol. The number of aliphatic hydroxyl groups is 1. The number of amides is 1. The number of β-amino-alcohol motifs (C(OH)–C–C–N with tert-alkyl or cyclic N) is 1. The van der Waals surface area contributed by atoms with Crippen LogP contribution in [0.25, 0.3) is 0 Å². The molecule has 2 aromatic rings. The van der Waals surface area contributed by atoms with E-state index >= 15 is 0 Å². The summed E-state index contributed by atoms with van der Waals surface area (Å²) in [5.74, 6) is -0.331. The Labute approximate surface area is 151 Å². The normalized spacial score (nSPS) is 18.1. The van der Waals surface area contributed by atoms with E-state index in [1.165, 1.54) is 16.4 Å². The highest BCUT2D eigenvalue weighted by atomic mass is 32.2. The average molecular weight is 379 g/mol. The van der Waals surface area contributed by atoms with Crippen molar-refractivity contribution in [2.45, 2.75) is 30.4 Å². The topological polar surface area (TPSA) is 117 Å². The molecule has 1 aliphatic heterocycles. The van der Waals surface area contributed by atoms with Gasteiger partial charge in [0.2, 0.25) is 10.0 Å². The van der Waals surface area contributed by atoms with E-state index < -0.39 is 16.1 Å². The number of nitrogens with zero attached hydrogens (tertiary/aromatic N) is 4. The number of aryl methyl sites for hydroxylation is 1. The molecule has 1 aliphatic rings. The summed E-state index contributed by atoms with van der Waals surface area (Å²) < 4.78 is 28.1. The summed E-state index contributed by atoms with van der Waals surface area (Å²) in [6.45, 7) is 1.43. The zero-order valence-corrected chi connectivity index (χ0v) is 15.0. The Morgan fingerprint density at radius 2 is 2.23 bits per heavy atom. The van der Waals surface area contributed by atoms with Gasteiger partial charge in [0.1, 0.15) is 0 Å². The molecule has 1 fully saturated rings. The zero-order valence-electron chi connectivity index (χ0n) is 14.2. The van der Waals surface area contributed by atoms with Gasteiger partial charge in [0.25, 0.3) is 5.91 Å². The van der Waals surface area contributed by atoms with Crippen molar-refractivity contribution in [3.63, 3.8) is 0 Å². The van der Waals surface area contributed by atoms with E-state index in [0.717, 1.165) is 0 Å². The number of rotatable bonds is 7. The second-order valence-corrected chi connectivity index (χ2v) is 8.05. The molecule has 1 amide bonds. The molecule has 2 N–H and O–H groups in total. The summed E-state index contributed by atoms with van der Waals surface area (Å²) in [4.78, 5) is 12.3. The molecular weight excluding hydrogens is 358 g/mol. The van der Waals surface area contributed by atoms with E-state index in [9.17, 15) is 18.3 Å². The summed E-state index contributed by atoms with van der Waals surface area (Å²) in [5.41, 5.74) is 0.284. The van der Waals surface area contributed by atoms with Gasteiger partial charge in [-0.05, 0) is 31.0 Å². The average Bonchev–Trinajstić information content (AvgIpc) is 3.30. The van der Waals surface area contributed by atoms with Gasteiger partial charge in [-0.25, -0.2) is 8.42 Å². The third kappa shape index (κ3) is 4.26. The Kier molecular flexibility index (Phi) is 5.64. The number of nitrogens with one attached hydrogen (secondary N) is 1. The fourth-order valence-corrected chi connectivity index (χ4v) is 4.31. The first kappa shape index (κ1) is 18.5. The molecule has 9 nitrogen and oxygen atoms in total. The minimum atomic E-state index is -3.71. The van der Waals surface area contributed by atoms with Crippen molar-refractivity contribution in [1.82, 2.24) is 24.6 Å². The Bertz CT molecular complexity index is 853. The van der Waals surface area contributed by atoms with Gasteiger partial charge in [0.15, 0.2) is 0 Å². The SMILES string of the molecule is O=C(NCCCn1ccnn1)c1cccc(S(=O)(=O)N2CC[C@@H](O)C2)c1. The van der Waals surface area contributed by atoms with Gasteiger partial charge in [0.05, 0.1) is 17.2 Å². The van der Waals surface area contributed by atoms with Crippen LogP contribution in [0.15, 0.2) is 41.6 Å². The number of hydrogen-bond acceptors (Lipinski definition) is 6. The minimum Gasteiger partial charge on any atom is -0.392 e. The predicted octanol–water partition coefficient (Wildman–Crippen LogP) is -0.146. The summed E-state index contributed by atoms with van der Waals surface area (Å²) in [6, 6.07) is 5.95. The van der Waals surface area contributed by atoms with Crippen LogP contribution in [0.3, 0.4) is 0 Å². The first-order chi connectivity index (χ1) is 12.5. The number of hydrogen-bond donors (Lipinski definition) is 2. The van der Waals surface area contributed by atoms with Crippen molar-refractivity contribution in [3.8, 4) is 0 Å². The third-order valence-electron chi connectivity index (χ3n) is 4.18. The van der Waals surface area contributed by atoms with Crippen LogP contribution in [0, 0.1) is 0 Å². The van der Waals surface area contributed by atoms with E-state index in [1.807, 2.05) is 0 Å². The molecule has 0 aliphatic carbocycles. The molecule has 3 rings (SSSR count). The first-order valence-corrected chi connectivity index (χ1v) is 9.81. The molecular formula is C16H21N5O4S. The van der Waals surface area contributed by atoms with E-state index in [4.69, 9.17) is 0 Å². The molecule has 1 aromatic carbocycles. The van der Waals surface area contributed by atoms with Crippen LogP contribution in [0.4, 0.5) is 0 Å². The highest BCUT2D eigenvalue weighted by molar-refractivity contribution is 7.89. The van der Waals surface area contributed by atoms with Crippen molar-refractivity contribution in [2.75, 3.05) is 19.6 Å². The van der Waals surface area contributed by atoms with Gasteiger partial charge in [-0.3, -0.25) is 9.48 Å². The summed E-state index contributed by atoms with van der Waals surface area (Å²) in [6.07, 6.45) is 3.79. The molecule has 0 spiro atoms. The lowest BCUT2D eigenvalue weighted by atomic mass is 10.2. The van der Waals surface area contributed by atoms with Crippen molar-refractivity contribution in [2.24, 2.45) is 0 Å². The molecule has 10 heteroatoms. The quantitative estimate of drug-likeness (QED) is 0.646. The standard InChI is InChI=1S/C16H21N5O4S/c22-14-5-9-21(12-14)26(24,25)15-4-1-3-13(11-15)16(23)17-6-2-8-20-10-7-18-19-20/h1,3-4,7,10-11,14,22H,2,5-6,8-9,12H2,(H,17,23)/t14-/m1/s1. The van der Waals surface area contributed by atoms with Crippen LogP contribution >= 0.6 is 0 Å². The van der Waals surface area contributed by atoms with Crippen LogP contribution in [0.5, 0.6) is 0 Å². The van der Waals surface area contributed by atoms with Crippen molar-refractivity contribution in [3.05, 3.63) is 42.2 Å². The van der Waals surface area contributed by atoms with E-state index in [0.29, 0.717) is 25.9 Å². The number of sulfonamides is 1. The van der Waals surface area contributed by atoms with E-state index in [2.05, 4.69) is 15.6 Å². The van der Waals surface area contributed by atoms with Gasteiger partial charge in [0, 0.05) is 37.9 Å². The molecule has 1 aromatic heterocycles. The molecule has 0 radical (unpaired) electrons. The molecule has 0 saturated carbocycles. The maximum absolute atomic E-state index is 12.6. The van der Waals surface area contributed by atoms with E-state index in [-0.39, 0.29) is 29.5 Å². The number of aliphatic hydroxyl groups excluding tert-OH is 1. The highest BCUT2D eigenvalue weighted by Gasteiger charge is 2.31. The largest absolute Gasteiger partial charge is 0.392 e. The molecule has 1 saturated heterocycles. The van der Waals surface area contributed by atoms with Crippen LogP contribution in [-0.2, 0) is 16.6 Å². The fraction of sp³-hybridized carbons (Fsp3) is 0.438. The Morgan fingerprint density at radius 3 is 2.92 bits per heavy atom. The molecule has 140 valence electrons. The van der Waals surface area contributed by atoms with Crippen LogP contribution < -0.4 is 5.32 Å². The number of benzene rings is 1. The Morgan fingerprint density at radius 1 is 1.38 bits per heavy atom. The Balaban J connectivity index is 1.60. The lowest BCUT2D eigenvalue weighted by Crippen LogP contribution is -2.30. The van der Waals surface area contributed by atoms with Crippen LogP contribution in [0.2, 0.25) is 0 Å². The highest BCUT2D eigenvalue weighted by Crippen LogP contribution is 2.21. The molecule has 2 heterocycles. The zero-order chi connectivity index (χ0) is 18.6. The monoisotopic (exact) mass is 379 g/mol. The lowest BCUT2D eigenvalue weighted by molar-refractivity contribution is 0.0952. The summed E-state index contributed by atoms with van der Waals surface area (Å²) >= 11 is 0. The van der Waals surface area contributed by atoms with Gasteiger partial charge in [-0.1, -0.05) is 11.3 Å². The molecule has 0 unspecified atom stereocenters. The van der Waals surface area contributed by atoms with Gasteiger partial charge < -0.3 is 10.4 Å². The van der Waals surface area contributed by atoms with Gasteiger partial charge >= 0.3 is 0 Å². The number of aromatic nitrogens is 3. The maximum atomic E-state index is 12.6. The summed E-state index contributed by atoms with van der Waals surface area (Å²) in [7, 11) is -3.71. The summed E-state index contributed by atoms with van der Waals surface area (Å²) in [5, 5.41) is 19.9. The second-order valence-electron chi connectivity index (χ2n) is 6.11. The van der Waals surface area contributed by atoms with Crippen molar-refractivity contribution < 1.29 is 18.3 Å². The van der Waals surface area contributed by atoms with Gasteiger partial charge in [-0.2, -0.15) is 4.31 Å². The first-order valence-electron chi connectivity index (χ1n) is 8.37.